The van der Waals surface area contributed by atoms with Gasteiger partial charge >= 0.3 is 11.9 Å². The van der Waals surface area contributed by atoms with Crippen molar-refractivity contribution in [2.24, 2.45) is 0 Å². The summed E-state index contributed by atoms with van der Waals surface area (Å²) in [6.07, 6.45) is 11.9. The monoisotopic (exact) mass is 544 g/mol. The van der Waals surface area contributed by atoms with Gasteiger partial charge in [0, 0.05) is 65.7 Å². The van der Waals surface area contributed by atoms with E-state index in [9.17, 15) is 18.0 Å². The van der Waals surface area contributed by atoms with E-state index in [4.69, 9.17) is 23.9 Å². The maximum Gasteiger partial charge on any atom is 0.325 e. The molecule has 0 aliphatic heterocycles. The van der Waals surface area contributed by atoms with E-state index in [-0.39, 0.29) is 78.9 Å². The molecule has 0 rings (SSSR count). The largest absolute Gasteiger partial charge is 0.480 e. The Balaban J connectivity index is -0.00000512. The van der Waals surface area contributed by atoms with Gasteiger partial charge in [-0.15, -0.1) is 0 Å². The molecule has 0 aromatic heterocycles. The molecule has 13 heteroatoms. The molecular weight excluding hydrogens is 502 g/mol. The summed E-state index contributed by atoms with van der Waals surface area (Å²) in [7, 11) is -4.88. The maximum atomic E-state index is 11.4. The first kappa shape index (κ1) is 40.2. The number of carbonyl (C=O) groups excluding carboxylic acids is 1. The minimum atomic E-state index is -4.88. The summed E-state index contributed by atoms with van der Waals surface area (Å²) in [6, 6.07) is 0. The molecule has 1 atom stereocenters. The zero-order chi connectivity index (χ0) is 24.8. The van der Waals surface area contributed by atoms with Gasteiger partial charge in [-0.3, -0.25) is 14.1 Å². The van der Waals surface area contributed by atoms with Crippen LogP contribution in [-0.4, -0.2) is 141 Å². The van der Waals surface area contributed by atoms with Crippen LogP contribution in [0.2, 0.25) is 0 Å². The standard InChI is InChI=1S/C22H42O10S.2Na/c1-2-3-4-5-6-7-8-9-10-11-12-29-13-14-30-15-16-31-17-18-32-21(23)19-20(22(24)25)33(26,27)28;;/h20H,2-19H2,1H3,(H,24,25)(H,26,27,28);;. The Morgan fingerprint density at radius 1 is 0.686 bits per heavy atom. The second-order valence-corrected chi connectivity index (χ2v) is 9.38. The van der Waals surface area contributed by atoms with Crippen LogP contribution in [-0.2, 0) is 38.7 Å². The van der Waals surface area contributed by atoms with Crippen LogP contribution in [0, 0.1) is 0 Å². The molecule has 0 bridgehead atoms. The van der Waals surface area contributed by atoms with Crippen molar-refractivity contribution in [3.8, 4) is 0 Å². The molecule has 0 saturated carbocycles. The van der Waals surface area contributed by atoms with Crippen LogP contribution in [0.15, 0.2) is 0 Å². The molecule has 0 saturated heterocycles. The Labute approximate surface area is 254 Å². The molecule has 0 aromatic rings. The first-order chi connectivity index (χ1) is 15.8. The van der Waals surface area contributed by atoms with E-state index >= 15 is 0 Å². The van der Waals surface area contributed by atoms with Crippen molar-refractivity contribution in [2.75, 3.05) is 46.2 Å². The number of rotatable bonds is 24. The minimum Gasteiger partial charge on any atom is -0.480 e. The first-order valence-electron chi connectivity index (χ1n) is 11.9. The van der Waals surface area contributed by atoms with Gasteiger partial charge in [-0.05, 0) is 6.42 Å². The average Bonchev–Trinajstić information content (AvgIpc) is 2.75. The molecule has 198 valence electrons. The molecule has 0 amide bonds. The van der Waals surface area contributed by atoms with Crippen LogP contribution in [0.25, 0.3) is 0 Å². The summed E-state index contributed by atoms with van der Waals surface area (Å²) in [5, 5.41) is 6.46. The molecule has 0 aliphatic rings. The Hall–Kier alpha value is 0.730. The Morgan fingerprint density at radius 3 is 1.51 bits per heavy atom. The van der Waals surface area contributed by atoms with Gasteiger partial charge < -0.3 is 24.1 Å². The number of carboxylic acids is 1. The van der Waals surface area contributed by atoms with E-state index in [1.807, 2.05) is 0 Å². The second-order valence-electron chi connectivity index (χ2n) is 7.79. The van der Waals surface area contributed by atoms with Crippen molar-refractivity contribution in [2.45, 2.75) is 82.8 Å². The third-order valence-electron chi connectivity index (χ3n) is 4.86. The number of carbonyl (C=O) groups is 2. The molecule has 2 radical (unpaired) electrons. The summed E-state index contributed by atoms with van der Waals surface area (Å²) >= 11 is 0. The van der Waals surface area contributed by atoms with Crippen LogP contribution >= 0.6 is 0 Å². The zero-order valence-corrected chi connectivity index (χ0v) is 26.7. The van der Waals surface area contributed by atoms with E-state index in [1.54, 1.807) is 0 Å². The molecular formula is C22H42Na2O10S. The van der Waals surface area contributed by atoms with Crippen LogP contribution in [0.1, 0.15) is 77.6 Å². The third-order valence-corrected chi connectivity index (χ3v) is 5.95. The van der Waals surface area contributed by atoms with Gasteiger partial charge in [0.1, 0.15) is 6.61 Å². The Kier molecular flexibility index (Phi) is 31.9. The van der Waals surface area contributed by atoms with Gasteiger partial charge in [-0.1, -0.05) is 64.7 Å². The first-order valence-corrected chi connectivity index (χ1v) is 13.4. The quantitative estimate of drug-likeness (QED) is 0.0804. The van der Waals surface area contributed by atoms with Gasteiger partial charge in [0.25, 0.3) is 10.1 Å². The van der Waals surface area contributed by atoms with Gasteiger partial charge in [0.05, 0.1) is 39.5 Å². The SMILES string of the molecule is CCCCCCCCCCCCOCCOCCOCCOC(=O)CC(C(=O)O)S(=O)(=O)O.[Na].[Na]. The normalized spacial score (nSPS) is 11.8. The summed E-state index contributed by atoms with van der Waals surface area (Å²) in [6.45, 7) is 4.46. The van der Waals surface area contributed by atoms with E-state index in [2.05, 4.69) is 11.7 Å². The van der Waals surface area contributed by atoms with Crippen molar-refractivity contribution in [3.05, 3.63) is 0 Å². The van der Waals surface area contributed by atoms with Crippen LogP contribution in [0.3, 0.4) is 0 Å². The van der Waals surface area contributed by atoms with E-state index in [1.165, 1.54) is 57.8 Å². The van der Waals surface area contributed by atoms with Crippen LogP contribution in [0.4, 0.5) is 0 Å². The fourth-order valence-corrected chi connectivity index (χ4v) is 3.58. The second kappa shape index (κ2) is 27.8. The van der Waals surface area contributed by atoms with Gasteiger partial charge in [-0.25, -0.2) is 0 Å². The van der Waals surface area contributed by atoms with E-state index in [0.29, 0.717) is 19.8 Å². The molecule has 0 spiro atoms. The number of hydrogen-bond acceptors (Lipinski definition) is 8. The summed E-state index contributed by atoms with van der Waals surface area (Å²) in [5.41, 5.74) is 0. The average molecular weight is 545 g/mol. The smallest absolute Gasteiger partial charge is 0.325 e. The Morgan fingerprint density at radius 2 is 1.09 bits per heavy atom. The van der Waals surface area contributed by atoms with Crippen LogP contribution in [0.5, 0.6) is 0 Å². The van der Waals surface area contributed by atoms with Crippen molar-refractivity contribution in [1.29, 1.82) is 0 Å². The van der Waals surface area contributed by atoms with Crippen molar-refractivity contribution in [1.82, 2.24) is 0 Å². The van der Waals surface area contributed by atoms with Crippen LogP contribution < -0.4 is 0 Å². The number of ether oxygens (including phenoxy) is 4. The molecule has 0 heterocycles. The number of esters is 1. The van der Waals surface area contributed by atoms with Gasteiger partial charge in [0.15, 0.2) is 5.25 Å². The molecule has 0 fully saturated rings. The fraction of sp³-hybridized carbons (Fsp3) is 0.909. The predicted octanol–water partition coefficient (Wildman–Crippen LogP) is 2.47. The summed E-state index contributed by atoms with van der Waals surface area (Å²) in [5.74, 6) is -2.88. The minimum absolute atomic E-state index is 0. The number of unbranched alkanes of at least 4 members (excludes halogenated alkanes) is 9. The molecule has 1 unspecified atom stereocenters. The maximum absolute atomic E-state index is 11.4. The predicted molar refractivity (Wildman–Crippen MR) is 134 cm³/mol. The molecule has 10 nitrogen and oxygen atoms in total. The Bertz CT molecular complexity index is 605. The number of aliphatic carboxylic acids is 1. The fourth-order valence-electron chi connectivity index (χ4n) is 2.98. The zero-order valence-electron chi connectivity index (χ0n) is 21.9. The van der Waals surface area contributed by atoms with Crippen molar-refractivity contribution >= 4 is 81.2 Å². The molecule has 0 aliphatic carbocycles. The summed E-state index contributed by atoms with van der Waals surface area (Å²) < 4.78 is 51.3. The topological polar surface area (TPSA) is 146 Å². The van der Waals surface area contributed by atoms with E-state index in [0.717, 1.165) is 13.0 Å². The number of carboxylic acid groups (broad SMARTS) is 1. The molecule has 35 heavy (non-hydrogen) atoms. The van der Waals surface area contributed by atoms with E-state index < -0.39 is 33.7 Å². The third kappa shape index (κ3) is 27.6. The van der Waals surface area contributed by atoms with Gasteiger partial charge in [-0.2, -0.15) is 8.42 Å². The number of hydrogen-bond donors (Lipinski definition) is 2. The van der Waals surface area contributed by atoms with Gasteiger partial charge in [0.2, 0.25) is 0 Å². The molecule has 0 aromatic carbocycles. The van der Waals surface area contributed by atoms with Crippen molar-refractivity contribution < 1.29 is 46.6 Å². The summed E-state index contributed by atoms with van der Waals surface area (Å²) in [4.78, 5) is 22.2. The molecule has 2 N–H and O–H groups in total. The van der Waals surface area contributed by atoms with Crippen molar-refractivity contribution in [3.63, 3.8) is 0 Å².